The van der Waals surface area contributed by atoms with Crippen LogP contribution in [0, 0.1) is 0 Å². The summed E-state index contributed by atoms with van der Waals surface area (Å²) in [6.45, 7) is 2.14. The molecular weight excluding hydrogens is 289 g/mol. The molecule has 2 rings (SSSR count). The Kier molecular flexibility index (Phi) is 8.94. The van der Waals surface area contributed by atoms with Crippen molar-refractivity contribution in [2.75, 3.05) is 26.7 Å². The van der Waals surface area contributed by atoms with Gasteiger partial charge in [-0.05, 0) is 32.7 Å². The maximum absolute atomic E-state index is 11.8. The molecule has 1 aliphatic carbocycles. The zero-order chi connectivity index (χ0) is 12.3. The van der Waals surface area contributed by atoms with Gasteiger partial charge >= 0.3 is 0 Å². The minimum atomic E-state index is -0.283. The number of nitrogens with zero attached hydrogens (tertiary/aromatic N) is 1. The molecule has 1 aliphatic heterocycles. The summed E-state index contributed by atoms with van der Waals surface area (Å²) >= 11 is 0. The fourth-order valence-corrected chi connectivity index (χ4v) is 2.24. The van der Waals surface area contributed by atoms with Gasteiger partial charge in [0.2, 0.25) is 5.91 Å². The first kappa shape index (κ1) is 18.9. The summed E-state index contributed by atoms with van der Waals surface area (Å²) < 4.78 is 5.54. The molecule has 19 heavy (non-hydrogen) atoms. The van der Waals surface area contributed by atoms with Crippen LogP contribution in [-0.4, -0.2) is 55.7 Å². The van der Waals surface area contributed by atoms with Crippen LogP contribution in [0.4, 0.5) is 0 Å². The molecule has 0 radical (unpaired) electrons. The standard InChI is InChI=1S/C12H23N3O2.2ClH/c1-15(9-2-3-9)7-6-14-12(16)11-5-4-10(8-13)17-11;;/h9-11H,2-8,13H2,1H3,(H,14,16);2*1H/t10-,11+;;/m1../s1. The first-order valence-electron chi connectivity index (χ1n) is 6.54. The van der Waals surface area contributed by atoms with Crippen molar-refractivity contribution < 1.29 is 9.53 Å². The van der Waals surface area contributed by atoms with E-state index in [1.807, 2.05) is 0 Å². The van der Waals surface area contributed by atoms with Crippen molar-refractivity contribution in [3.8, 4) is 0 Å². The van der Waals surface area contributed by atoms with Gasteiger partial charge in [-0.25, -0.2) is 0 Å². The summed E-state index contributed by atoms with van der Waals surface area (Å²) in [7, 11) is 2.11. The first-order valence-corrected chi connectivity index (χ1v) is 6.54. The smallest absolute Gasteiger partial charge is 0.249 e. The van der Waals surface area contributed by atoms with Gasteiger partial charge in [-0.2, -0.15) is 0 Å². The van der Waals surface area contributed by atoms with Crippen molar-refractivity contribution in [1.82, 2.24) is 10.2 Å². The number of ether oxygens (including phenoxy) is 1. The minimum Gasteiger partial charge on any atom is -0.364 e. The highest BCUT2D eigenvalue weighted by atomic mass is 35.5. The molecule has 114 valence electrons. The monoisotopic (exact) mass is 313 g/mol. The Balaban J connectivity index is 0.00000162. The summed E-state index contributed by atoms with van der Waals surface area (Å²) in [5, 5.41) is 2.94. The molecule has 3 N–H and O–H groups in total. The third-order valence-electron chi connectivity index (χ3n) is 3.60. The van der Waals surface area contributed by atoms with Crippen LogP contribution in [0.25, 0.3) is 0 Å². The third kappa shape index (κ3) is 5.83. The topological polar surface area (TPSA) is 67.6 Å². The highest BCUT2D eigenvalue weighted by molar-refractivity contribution is 5.85. The maximum atomic E-state index is 11.8. The van der Waals surface area contributed by atoms with Crippen LogP contribution in [0.5, 0.6) is 0 Å². The van der Waals surface area contributed by atoms with Crippen molar-refractivity contribution in [1.29, 1.82) is 0 Å². The van der Waals surface area contributed by atoms with Crippen molar-refractivity contribution in [2.45, 2.75) is 43.9 Å². The van der Waals surface area contributed by atoms with E-state index >= 15 is 0 Å². The first-order chi connectivity index (χ1) is 8.20. The van der Waals surface area contributed by atoms with E-state index in [2.05, 4.69) is 17.3 Å². The van der Waals surface area contributed by atoms with Crippen LogP contribution >= 0.6 is 24.8 Å². The van der Waals surface area contributed by atoms with Crippen molar-refractivity contribution >= 4 is 30.7 Å². The molecule has 1 saturated heterocycles. The van der Waals surface area contributed by atoms with E-state index in [0.29, 0.717) is 13.1 Å². The lowest BCUT2D eigenvalue weighted by molar-refractivity contribution is -0.131. The predicted molar refractivity (Wildman–Crippen MR) is 80.1 cm³/mol. The summed E-state index contributed by atoms with van der Waals surface area (Å²) in [5.41, 5.74) is 5.51. The van der Waals surface area contributed by atoms with Gasteiger partial charge in [0.25, 0.3) is 0 Å². The van der Waals surface area contributed by atoms with Gasteiger partial charge in [-0.1, -0.05) is 0 Å². The van der Waals surface area contributed by atoms with E-state index in [-0.39, 0.29) is 42.9 Å². The molecule has 1 saturated carbocycles. The number of carbonyl (C=O) groups excluding carboxylic acids is 1. The fraction of sp³-hybridized carbons (Fsp3) is 0.917. The molecule has 2 atom stereocenters. The largest absolute Gasteiger partial charge is 0.364 e. The van der Waals surface area contributed by atoms with Gasteiger partial charge in [0.1, 0.15) is 6.10 Å². The van der Waals surface area contributed by atoms with Gasteiger partial charge in [0, 0.05) is 25.7 Å². The van der Waals surface area contributed by atoms with Crippen molar-refractivity contribution in [3.05, 3.63) is 0 Å². The van der Waals surface area contributed by atoms with Crippen molar-refractivity contribution in [2.24, 2.45) is 5.73 Å². The average Bonchev–Trinajstić information content (AvgIpc) is 3.06. The van der Waals surface area contributed by atoms with Gasteiger partial charge in [0.15, 0.2) is 0 Å². The Morgan fingerprint density at radius 2 is 2.00 bits per heavy atom. The molecule has 5 nitrogen and oxygen atoms in total. The molecule has 7 heteroatoms. The molecule has 0 spiro atoms. The summed E-state index contributed by atoms with van der Waals surface area (Å²) in [4.78, 5) is 14.1. The lowest BCUT2D eigenvalue weighted by atomic mass is 10.2. The number of nitrogens with two attached hydrogens (primary N) is 1. The number of hydrogen-bond acceptors (Lipinski definition) is 4. The number of likely N-dealkylation sites (N-methyl/N-ethyl adjacent to an activating group) is 1. The summed E-state index contributed by atoms with van der Waals surface area (Å²) in [6, 6.07) is 0.747. The molecule has 0 unspecified atom stereocenters. The number of nitrogens with one attached hydrogen (secondary N) is 1. The average molecular weight is 314 g/mol. The summed E-state index contributed by atoms with van der Waals surface area (Å²) in [5.74, 6) is 0.0187. The van der Waals surface area contributed by atoms with Crippen LogP contribution in [0.15, 0.2) is 0 Å². The predicted octanol–water partition coefficient (Wildman–Crippen LogP) is 0.547. The van der Waals surface area contributed by atoms with Gasteiger partial charge < -0.3 is 20.7 Å². The van der Waals surface area contributed by atoms with Gasteiger partial charge in [0.05, 0.1) is 6.10 Å². The van der Waals surface area contributed by atoms with Crippen LogP contribution in [0.3, 0.4) is 0 Å². The zero-order valence-corrected chi connectivity index (χ0v) is 13.0. The lowest BCUT2D eigenvalue weighted by Crippen LogP contribution is -2.39. The second-order valence-corrected chi connectivity index (χ2v) is 5.06. The highest BCUT2D eigenvalue weighted by Crippen LogP contribution is 2.24. The second kappa shape index (κ2) is 8.97. The van der Waals surface area contributed by atoms with E-state index in [4.69, 9.17) is 10.5 Å². The molecular formula is C12H25Cl2N3O2. The van der Waals surface area contributed by atoms with E-state index in [9.17, 15) is 4.79 Å². The Bertz CT molecular complexity index is 278. The molecule has 1 amide bonds. The van der Waals surface area contributed by atoms with E-state index in [1.165, 1.54) is 12.8 Å². The Hall–Kier alpha value is -0.0700. The Morgan fingerprint density at radius 3 is 2.53 bits per heavy atom. The van der Waals surface area contributed by atoms with Crippen LogP contribution in [0.1, 0.15) is 25.7 Å². The van der Waals surface area contributed by atoms with Gasteiger partial charge in [-0.3, -0.25) is 4.79 Å². The van der Waals surface area contributed by atoms with Crippen LogP contribution < -0.4 is 11.1 Å². The van der Waals surface area contributed by atoms with E-state index < -0.39 is 0 Å². The number of amides is 1. The molecule has 2 fully saturated rings. The van der Waals surface area contributed by atoms with E-state index in [0.717, 1.165) is 25.4 Å². The highest BCUT2D eigenvalue weighted by Gasteiger charge is 2.30. The zero-order valence-electron chi connectivity index (χ0n) is 11.3. The number of rotatable bonds is 6. The quantitative estimate of drug-likeness (QED) is 0.751. The number of carbonyl (C=O) groups is 1. The SMILES string of the molecule is CN(CCNC(=O)[C@@H]1CC[C@H](CN)O1)C1CC1.Cl.Cl. The van der Waals surface area contributed by atoms with Crippen molar-refractivity contribution in [3.63, 3.8) is 0 Å². The van der Waals surface area contributed by atoms with E-state index in [1.54, 1.807) is 0 Å². The molecule has 0 aromatic carbocycles. The lowest BCUT2D eigenvalue weighted by Gasteiger charge is -2.17. The minimum absolute atomic E-state index is 0. The fourth-order valence-electron chi connectivity index (χ4n) is 2.24. The maximum Gasteiger partial charge on any atom is 0.249 e. The molecule has 0 bridgehead atoms. The second-order valence-electron chi connectivity index (χ2n) is 5.06. The Labute approximate surface area is 127 Å². The van der Waals surface area contributed by atoms with Crippen LogP contribution in [-0.2, 0) is 9.53 Å². The molecule has 0 aromatic rings. The van der Waals surface area contributed by atoms with Crippen LogP contribution in [0.2, 0.25) is 0 Å². The number of hydrogen-bond donors (Lipinski definition) is 2. The molecule has 1 heterocycles. The van der Waals surface area contributed by atoms with Gasteiger partial charge in [-0.15, -0.1) is 24.8 Å². The summed E-state index contributed by atoms with van der Waals surface area (Å²) in [6.07, 6.45) is 4.08. The number of halogens is 2. The third-order valence-corrected chi connectivity index (χ3v) is 3.60. The normalized spacial score (nSPS) is 25.6. The molecule has 0 aromatic heterocycles. The Morgan fingerprint density at radius 1 is 1.32 bits per heavy atom. The molecule has 2 aliphatic rings.